The Morgan fingerprint density at radius 1 is 0.795 bits per heavy atom. The molecule has 2 amide bonds. The molecule has 6 rings (SSSR count). The number of amides is 2. The molecule has 0 bridgehead atoms. The standard InChI is InChI=1S/C32H26N2O5/c1-19-8-12-23(13-9-19)34-31(37)26-25-18-22(29(35)20-6-4-3-5-7-20)16-17-33(25)28(27(26)32(34)38)30(36)21-10-14-24(39-2)15-11-21/h3-18,25-28H,1-2H3/t25-,26-,27-,28+/m1/s1. The topological polar surface area (TPSA) is 84.0 Å². The molecule has 3 aromatic rings. The Balaban J connectivity index is 1.42. The number of hydrogen-bond donors (Lipinski definition) is 0. The lowest BCUT2D eigenvalue weighted by atomic mass is 9.85. The number of allylic oxidation sites excluding steroid dienone is 2. The Bertz CT molecular complexity index is 1540. The Hall–Kier alpha value is -4.78. The van der Waals surface area contributed by atoms with Crippen molar-refractivity contribution in [2.45, 2.75) is 19.0 Å². The van der Waals surface area contributed by atoms with Gasteiger partial charge in [0.15, 0.2) is 11.6 Å². The third-order valence-electron chi connectivity index (χ3n) is 7.78. The predicted molar refractivity (Wildman–Crippen MR) is 145 cm³/mol. The van der Waals surface area contributed by atoms with E-state index in [0.717, 1.165) is 5.56 Å². The summed E-state index contributed by atoms with van der Waals surface area (Å²) in [5.41, 5.74) is 2.84. The number of fused-ring (bicyclic) bond motifs is 3. The molecular formula is C32H26N2O5. The zero-order valence-electron chi connectivity index (χ0n) is 21.5. The molecule has 0 aromatic heterocycles. The summed E-state index contributed by atoms with van der Waals surface area (Å²) in [5, 5.41) is 0. The molecule has 0 unspecified atom stereocenters. The van der Waals surface area contributed by atoms with Gasteiger partial charge in [0.25, 0.3) is 0 Å². The van der Waals surface area contributed by atoms with Crippen molar-refractivity contribution in [1.82, 2.24) is 4.90 Å². The summed E-state index contributed by atoms with van der Waals surface area (Å²) in [6, 6.07) is 21.3. The van der Waals surface area contributed by atoms with E-state index in [4.69, 9.17) is 4.74 Å². The third kappa shape index (κ3) is 3.98. The summed E-state index contributed by atoms with van der Waals surface area (Å²) in [7, 11) is 1.55. The van der Waals surface area contributed by atoms with Gasteiger partial charge >= 0.3 is 0 Å². The maximum absolute atomic E-state index is 13.9. The number of aryl methyl sites for hydroxylation is 1. The Morgan fingerprint density at radius 3 is 2.13 bits per heavy atom. The second kappa shape index (κ2) is 9.51. The SMILES string of the molecule is COc1ccc(C(=O)[C@@H]2[C@@H]3C(=O)N(c4ccc(C)cc4)C(=O)[C@@H]3[C@H]3C=C(C(=O)c4ccccc4)C=CN32)cc1. The summed E-state index contributed by atoms with van der Waals surface area (Å²) in [6.07, 6.45) is 5.08. The monoisotopic (exact) mass is 518 g/mol. The average Bonchev–Trinajstić information content (AvgIpc) is 3.44. The van der Waals surface area contributed by atoms with Gasteiger partial charge in [-0.2, -0.15) is 0 Å². The molecule has 0 spiro atoms. The Labute approximate surface area is 226 Å². The highest BCUT2D eigenvalue weighted by Gasteiger charge is 2.63. The first kappa shape index (κ1) is 24.6. The van der Waals surface area contributed by atoms with Gasteiger partial charge in [-0.25, -0.2) is 4.90 Å². The molecular weight excluding hydrogens is 492 g/mol. The summed E-state index contributed by atoms with van der Waals surface area (Å²) < 4.78 is 5.22. The van der Waals surface area contributed by atoms with Crippen LogP contribution < -0.4 is 9.64 Å². The fourth-order valence-corrected chi connectivity index (χ4v) is 5.83. The van der Waals surface area contributed by atoms with Crippen LogP contribution in [-0.4, -0.2) is 47.5 Å². The molecule has 194 valence electrons. The second-order valence-electron chi connectivity index (χ2n) is 10.0. The maximum atomic E-state index is 13.9. The zero-order chi connectivity index (χ0) is 27.3. The molecule has 0 saturated carbocycles. The van der Waals surface area contributed by atoms with E-state index in [1.165, 1.54) is 4.90 Å². The van der Waals surface area contributed by atoms with Gasteiger partial charge in [0.05, 0.1) is 30.7 Å². The van der Waals surface area contributed by atoms with E-state index in [-0.39, 0.29) is 17.5 Å². The summed E-state index contributed by atoms with van der Waals surface area (Å²) in [5.74, 6) is -2.32. The molecule has 7 heteroatoms. The molecule has 4 atom stereocenters. The summed E-state index contributed by atoms with van der Waals surface area (Å²) >= 11 is 0. The molecule has 2 saturated heterocycles. The first-order chi connectivity index (χ1) is 18.9. The number of methoxy groups -OCH3 is 1. The average molecular weight is 519 g/mol. The minimum absolute atomic E-state index is 0.180. The molecule has 3 aromatic carbocycles. The first-order valence-electron chi connectivity index (χ1n) is 12.8. The fourth-order valence-electron chi connectivity index (χ4n) is 5.83. The highest BCUT2D eigenvalue weighted by atomic mass is 16.5. The van der Waals surface area contributed by atoms with E-state index in [0.29, 0.717) is 28.1 Å². The number of nitrogens with zero attached hydrogens (tertiary/aromatic N) is 2. The number of anilines is 1. The highest BCUT2D eigenvalue weighted by molar-refractivity contribution is 6.25. The van der Waals surface area contributed by atoms with Crippen LogP contribution in [0.15, 0.2) is 103 Å². The summed E-state index contributed by atoms with van der Waals surface area (Å²) in [6.45, 7) is 1.93. The normalized spacial score (nSPS) is 23.4. The van der Waals surface area contributed by atoms with E-state index in [1.807, 2.05) is 25.1 Å². The van der Waals surface area contributed by atoms with Crippen LogP contribution in [0.3, 0.4) is 0 Å². The number of hydrogen-bond acceptors (Lipinski definition) is 6. The van der Waals surface area contributed by atoms with Crippen molar-refractivity contribution >= 4 is 29.1 Å². The van der Waals surface area contributed by atoms with Gasteiger partial charge in [-0.1, -0.05) is 54.1 Å². The quantitative estimate of drug-likeness (QED) is 0.356. The van der Waals surface area contributed by atoms with Gasteiger partial charge in [0, 0.05) is 22.9 Å². The van der Waals surface area contributed by atoms with E-state index in [9.17, 15) is 19.2 Å². The van der Waals surface area contributed by atoms with E-state index in [1.54, 1.807) is 91.0 Å². The third-order valence-corrected chi connectivity index (χ3v) is 7.78. The number of carbonyl (C=O) groups is 4. The Morgan fingerprint density at radius 2 is 1.46 bits per heavy atom. The second-order valence-corrected chi connectivity index (χ2v) is 10.0. The van der Waals surface area contributed by atoms with Crippen LogP contribution in [0.4, 0.5) is 5.69 Å². The van der Waals surface area contributed by atoms with Crippen LogP contribution in [0.2, 0.25) is 0 Å². The van der Waals surface area contributed by atoms with Crippen LogP contribution >= 0.6 is 0 Å². The van der Waals surface area contributed by atoms with Crippen molar-refractivity contribution in [2.75, 3.05) is 12.0 Å². The minimum Gasteiger partial charge on any atom is -0.497 e. The number of benzene rings is 3. The Kier molecular flexibility index (Phi) is 5.99. The number of Topliss-reactive ketones (excluding diaryl/α,β-unsaturated/α-hetero) is 2. The van der Waals surface area contributed by atoms with E-state index in [2.05, 4.69) is 0 Å². The fraction of sp³-hybridized carbons (Fsp3) is 0.188. The van der Waals surface area contributed by atoms with Gasteiger partial charge in [-0.3, -0.25) is 19.2 Å². The molecule has 0 radical (unpaired) electrons. The predicted octanol–water partition coefficient (Wildman–Crippen LogP) is 4.38. The number of ketones is 2. The molecule has 39 heavy (non-hydrogen) atoms. The van der Waals surface area contributed by atoms with E-state index >= 15 is 0 Å². The smallest absolute Gasteiger partial charge is 0.240 e. The van der Waals surface area contributed by atoms with Crippen LogP contribution in [-0.2, 0) is 9.59 Å². The van der Waals surface area contributed by atoms with Crippen molar-refractivity contribution in [3.8, 4) is 5.75 Å². The van der Waals surface area contributed by atoms with Gasteiger partial charge in [0.1, 0.15) is 11.8 Å². The molecule has 3 aliphatic rings. The number of imide groups is 1. The van der Waals surface area contributed by atoms with Gasteiger partial charge in [-0.15, -0.1) is 0 Å². The van der Waals surface area contributed by atoms with Gasteiger partial charge < -0.3 is 9.64 Å². The maximum Gasteiger partial charge on any atom is 0.240 e. The number of ether oxygens (including phenoxy) is 1. The minimum atomic E-state index is -0.902. The van der Waals surface area contributed by atoms with Crippen molar-refractivity contribution < 1.29 is 23.9 Å². The van der Waals surface area contributed by atoms with Crippen LogP contribution in [0, 0.1) is 18.8 Å². The zero-order valence-corrected chi connectivity index (χ0v) is 21.5. The van der Waals surface area contributed by atoms with Crippen LogP contribution in [0.25, 0.3) is 0 Å². The molecule has 0 N–H and O–H groups in total. The molecule has 0 aliphatic carbocycles. The van der Waals surface area contributed by atoms with Crippen molar-refractivity contribution in [2.24, 2.45) is 11.8 Å². The molecule has 7 nitrogen and oxygen atoms in total. The number of carbonyl (C=O) groups excluding carboxylic acids is 4. The molecule has 2 fully saturated rings. The summed E-state index contributed by atoms with van der Waals surface area (Å²) in [4.78, 5) is 58.0. The van der Waals surface area contributed by atoms with Crippen molar-refractivity contribution in [3.63, 3.8) is 0 Å². The lowest BCUT2D eigenvalue weighted by Gasteiger charge is -2.32. The largest absolute Gasteiger partial charge is 0.497 e. The lowest BCUT2D eigenvalue weighted by molar-refractivity contribution is -0.123. The molecule has 3 aliphatic heterocycles. The van der Waals surface area contributed by atoms with Crippen LogP contribution in [0.5, 0.6) is 5.75 Å². The first-order valence-corrected chi connectivity index (χ1v) is 12.8. The van der Waals surface area contributed by atoms with E-state index < -0.39 is 29.8 Å². The highest BCUT2D eigenvalue weighted by Crippen LogP contribution is 2.47. The van der Waals surface area contributed by atoms with Crippen molar-refractivity contribution in [3.05, 3.63) is 119 Å². The van der Waals surface area contributed by atoms with Gasteiger partial charge in [0.2, 0.25) is 11.8 Å². The number of rotatable bonds is 6. The van der Waals surface area contributed by atoms with Gasteiger partial charge in [-0.05, 0) is 49.4 Å². The van der Waals surface area contributed by atoms with Crippen molar-refractivity contribution in [1.29, 1.82) is 0 Å². The molecule has 3 heterocycles. The lowest BCUT2D eigenvalue weighted by Crippen LogP contribution is -2.46. The van der Waals surface area contributed by atoms with Crippen LogP contribution in [0.1, 0.15) is 26.3 Å².